The van der Waals surface area contributed by atoms with Crippen LogP contribution >= 0.6 is 0 Å². The minimum Gasteiger partial charge on any atom is -0.482 e. The molecule has 1 heterocycles. The number of nitrogens with two attached hydrogens (primary N) is 1. The minimum atomic E-state index is -4.37. The van der Waals surface area contributed by atoms with Crippen LogP contribution in [0.5, 0.6) is 5.75 Å². The highest BCUT2D eigenvalue weighted by molar-refractivity contribution is 7.83. The van der Waals surface area contributed by atoms with E-state index in [1.807, 2.05) is 6.92 Å². The Morgan fingerprint density at radius 2 is 2.05 bits per heavy atom. The van der Waals surface area contributed by atoms with Crippen LogP contribution in [0.3, 0.4) is 0 Å². The number of aromatic nitrogens is 1. The second-order valence-electron chi connectivity index (χ2n) is 5.05. The first-order valence-electron chi connectivity index (χ1n) is 6.41. The number of nitrogens with zero attached hydrogens (tertiary/aromatic N) is 1. The monoisotopic (exact) mass is 324 g/mol. The Hall–Kier alpha value is -1.15. The molecular weight excluding hydrogens is 305 g/mol. The normalized spacial score (nSPS) is 16.3. The van der Waals surface area contributed by atoms with Crippen molar-refractivity contribution in [3.8, 4) is 5.75 Å². The van der Waals surface area contributed by atoms with Crippen LogP contribution in [0.1, 0.15) is 37.4 Å². The zero-order valence-corrected chi connectivity index (χ0v) is 12.9. The lowest BCUT2D eigenvalue weighted by Crippen LogP contribution is -2.21. The molecule has 0 spiro atoms. The molecule has 0 radical (unpaired) electrons. The molecule has 1 aromatic heterocycles. The molecule has 0 bridgehead atoms. The van der Waals surface area contributed by atoms with Gasteiger partial charge >= 0.3 is 6.18 Å². The third-order valence-electron chi connectivity index (χ3n) is 3.05. The molecule has 21 heavy (non-hydrogen) atoms. The van der Waals surface area contributed by atoms with Crippen molar-refractivity contribution in [1.29, 1.82) is 0 Å². The maximum Gasteiger partial charge on any atom is 0.422 e. The molecule has 0 aromatic carbocycles. The summed E-state index contributed by atoms with van der Waals surface area (Å²) in [7, 11) is -1.41. The number of halogens is 3. The quantitative estimate of drug-likeness (QED) is 0.875. The second kappa shape index (κ2) is 7.22. The summed E-state index contributed by atoms with van der Waals surface area (Å²) in [4.78, 5) is 4.16. The third kappa shape index (κ3) is 6.01. The van der Waals surface area contributed by atoms with Gasteiger partial charge in [-0.2, -0.15) is 13.2 Å². The summed E-state index contributed by atoms with van der Waals surface area (Å²) >= 11 is 0. The van der Waals surface area contributed by atoms with E-state index in [1.165, 1.54) is 12.3 Å². The highest BCUT2D eigenvalue weighted by Gasteiger charge is 2.28. The topological polar surface area (TPSA) is 65.2 Å². The summed E-state index contributed by atoms with van der Waals surface area (Å²) in [6.07, 6.45) is -2.52. The molecule has 2 N–H and O–H groups in total. The Balaban J connectivity index is 2.76. The van der Waals surface area contributed by atoms with Gasteiger partial charge in [-0.3, -0.25) is 10.1 Å². The van der Waals surface area contributed by atoms with E-state index in [1.54, 1.807) is 13.8 Å². The summed E-state index contributed by atoms with van der Waals surface area (Å²) in [5.74, 6) is 0.0837. The molecule has 4 nitrogen and oxygen atoms in total. The Morgan fingerprint density at radius 1 is 1.43 bits per heavy atom. The summed E-state index contributed by atoms with van der Waals surface area (Å²) < 4.78 is 52.1. The van der Waals surface area contributed by atoms with Gasteiger partial charge in [0.25, 0.3) is 0 Å². The van der Waals surface area contributed by atoms with Crippen LogP contribution in [0.25, 0.3) is 0 Å². The Morgan fingerprint density at radius 3 is 2.52 bits per heavy atom. The molecule has 0 saturated carbocycles. The summed E-state index contributed by atoms with van der Waals surface area (Å²) in [5.41, 5.74) is 1.48. The van der Waals surface area contributed by atoms with Gasteiger partial charge in [-0.15, -0.1) is 0 Å². The largest absolute Gasteiger partial charge is 0.482 e. The highest BCUT2D eigenvalue weighted by Crippen LogP contribution is 2.26. The van der Waals surface area contributed by atoms with Crippen LogP contribution in [0.4, 0.5) is 13.2 Å². The van der Waals surface area contributed by atoms with Crippen LogP contribution in [-0.2, 0) is 11.0 Å². The molecule has 120 valence electrons. The predicted molar refractivity (Wildman–Crippen MR) is 75.3 cm³/mol. The molecule has 1 aromatic rings. The lowest BCUT2D eigenvalue weighted by Gasteiger charge is -2.17. The maximum absolute atomic E-state index is 12.1. The molecule has 1 rings (SSSR count). The number of hydrogen-bond donors (Lipinski definition) is 1. The molecule has 3 atom stereocenters. The van der Waals surface area contributed by atoms with Gasteiger partial charge in [0.1, 0.15) is 5.75 Å². The average Bonchev–Trinajstić information content (AvgIpc) is 2.35. The van der Waals surface area contributed by atoms with Crippen molar-refractivity contribution >= 4 is 11.0 Å². The van der Waals surface area contributed by atoms with E-state index in [0.717, 1.165) is 11.3 Å². The first kappa shape index (κ1) is 17.9. The predicted octanol–water partition coefficient (Wildman–Crippen LogP) is 2.84. The van der Waals surface area contributed by atoms with Crippen LogP contribution in [0.2, 0.25) is 0 Å². The smallest absolute Gasteiger partial charge is 0.422 e. The first-order valence-corrected chi connectivity index (χ1v) is 7.69. The van der Waals surface area contributed by atoms with Crippen LogP contribution in [0.15, 0.2) is 12.3 Å². The van der Waals surface area contributed by atoms with Crippen LogP contribution in [-0.4, -0.2) is 27.2 Å². The van der Waals surface area contributed by atoms with E-state index in [4.69, 9.17) is 5.14 Å². The highest BCUT2D eigenvalue weighted by atomic mass is 32.2. The summed E-state index contributed by atoms with van der Waals surface area (Å²) in [5, 5.41) is 5.15. The first-order chi connectivity index (χ1) is 9.60. The second-order valence-corrected chi connectivity index (χ2v) is 6.51. The Kier molecular flexibility index (Phi) is 6.15. The van der Waals surface area contributed by atoms with E-state index in [2.05, 4.69) is 9.72 Å². The number of hydrogen-bond acceptors (Lipinski definition) is 3. The number of pyridine rings is 1. The fourth-order valence-electron chi connectivity index (χ4n) is 2.02. The van der Waals surface area contributed by atoms with Crippen molar-refractivity contribution in [2.75, 3.05) is 6.61 Å². The standard InChI is InChI=1S/C13H19F3N2O2S/c1-8(4-10(3)21(17)19)12-9(2)5-11(6-18-12)20-7-13(14,15)16/h5-6,8,10H,4,7,17H2,1-3H3/t8-,10?,21?/m1/s1. The lowest BCUT2D eigenvalue weighted by atomic mass is 9.98. The van der Waals surface area contributed by atoms with Crippen molar-refractivity contribution in [3.63, 3.8) is 0 Å². The third-order valence-corrected chi connectivity index (χ3v) is 4.03. The molecule has 2 unspecified atom stereocenters. The van der Waals surface area contributed by atoms with Crippen LogP contribution < -0.4 is 9.88 Å². The van der Waals surface area contributed by atoms with Crippen LogP contribution in [0, 0.1) is 6.92 Å². The van der Waals surface area contributed by atoms with Gasteiger partial charge in [0, 0.05) is 10.9 Å². The minimum absolute atomic E-state index is 0.00386. The van der Waals surface area contributed by atoms with Crippen molar-refractivity contribution in [3.05, 3.63) is 23.5 Å². The molecule has 0 aliphatic heterocycles. The van der Waals surface area contributed by atoms with Crippen molar-refractivity contribution in [2.45, 2.75) is 44.5 Å². The van der Waals surface area contributed by atoms with E-state index in [0.29, 0.717) is 6.42 Å². The lowest BCUT2D eigenvalue weighted by molar-refractivity contribution is -0.153. The maximum atomic E-state index is 12.1. The SMILES string of the molecule is Cc1cc(OCC(F)(F)F)cnc1[C@H](C)CC(C)S(N)=O. The van der Waals surface area contributed by atoms with Gasteiger partial charge in [0.2, 0.25) is 0 Å². The molecule has 0 saturated heterocycles. The van der Waals surface area contributed by atoms with Gasteiger partial charge in [0.15, 0.2) is 6.61 Å². The number of ether oxygens (including phenoxy) is 1. The Bertz CT molecular complexity index is 509. The van der Waals surface area contributed by atoms with Gasteiger partial charge in [-0.05, 0) is 37.8 Å². The average molecular weight is 324 g/mol. The van der Waals surface area contributed by atoms with Gasteiger partial charge < -0.3 is 4.74 Å². The zero-order valence-electron chi connectivity index (χ0n) is 12.1. The molecule has 0 aliphatic carbocycles. The van der Waals surface area contributed by atoms with E-state index in [-0.39, 0.29) is 16.9 Å². The number of rotatable bonds is 6. The summed E-state index contributed by atoms with van der Waals surface area (Å²) in [6.45, 7) is 4.10. The van der Waals surface area contributed by atoms with E-state index < -0.39 is 23.8 Å². The van der Waals surface area contributed by atoms with Gasteiger partial charge in [-0.25, -0.2) is 4.21 Å². The zero-order chi connectivity index (χ0) is 16.2. The van der Waals surface area contributed by atoms with E-state index >= 15 is 0 Å². The van der Waals surface area contributed by atoms with Gasteiger partial charge in [-0.1, -0.05) is 6.92 Å². The number of alkyl halides is 3. The van der Waals surface area contributed by atoms with Gasteiger partial charge in [0.05, 0.1) is 17.2 Å². The number of aryl methyl sites for hydroxylation is 1. The van der Waals surface area contributed by atoms with Crippen molar-refractivity contribution in [1.82, 2.24) is 4.98 Å². The van der Waals surface area contributed by atoms with Crippen molar-refractivity contribution < 1.29 is 22.1 Å². The molecular formula is C13H19F3N2O2S. The molecule has 0 fully saturated rings. The molecule has 0 aliphatic rings. The fourth-order valence-corrected chi connectivity index (χ4v) is 2.50. The van der Waals surface area contributed by atoms with E-state index in [9.17, 15) is 17.4 Å². The fraction of sp³-hybridized carbons (Fsp3) is 0.615. The Labute approximate surface area is 124 Å². The molecule has 8 heteroatoms. The summed E-state index contributed by atoms with van der Waals surface area (Å²) in [6, 6.07) is 1.52. The van der Waals surface area contributed by atoms with Crippen molar-refractivity contribution in [2.24, 2.45) is 5.14 Å². The molecule has 0 amide bonds.